The molecular weight excluding hydrogens is 567 g/mol. The van der Waals surface area contributed by atoms with Crippen LogP contribution in [-0.2, 0) is 6.42 Å². The molecule has 1 fully saturated rings. The Morgan fingerprint density at radius 1 is 1.17 bits per heavy atom. The van der Waals surface area contributed by atoms with Crippen molar-refractivity contribution in [2.75, 3.05) is 18.0 Å². The molecule has 0 saturated carbocycles. The summed E-state index contributed by atoms with van der Waals surface area (Å²) in [6.07, 6.45) is 1.39. The number of nitro groups is 1. The molecule has 14 heteroatoms. The van der Waals surface area contributed by atoms with Crippen molar-refractivity contribution in [1.82, 2.24) is 14.5 Å². The van der Waals surface area contributed by atoms with Gasteiger partial charge in [-0.05, 0) is 96.3 Å². The second-order valence-electron chi connectivity index (χ2n) is 10.1. The van der Waals surface area contributed by atoms with Gasteiger partial charge < -0.3 is 29.6 Å². The molecule has 1 aromatic carbocycles. The van der Waals surface area contributed by atoms with Gasteiger partial charge in [0.1, 0.15) is 23.5 Å². The van der Waals surface area contributed by atoms with Crippen LogP contribution in [0.2, 0.25) is 5.28 Å². The molecule has 4 rings (SSSR count). The molecule has 1 saturated heterocycles. The lowest BCUT2D eigenvalue weighted by Gasteiger charge is -2.33. The molecule has 2 unspecified atom stereocenters. The van der Waals surface area contributed by atoms with E-state index in [9.17, 15) is 28.4 Å². The molecule has 41 heavy (non-hydrogen) atoms. The second kappa shape index (κ2) is 13.4. The molecule has 3 heterocycles. The topological polar surface area (TPSA) is 116 Å². The first-order chi connectivity index (χ1) is 19.5. The Bertz CT molecular complexity index is 1280. The number of pyridine rings is 1. The number of aliphatic hydroxyl groups excluding tert-OH is 1. The molecule has 0 bridgehead atoms. The van der Waals surface area contributed by atoms with Crippen LogP contribution in [0.1, 0.15) is 50.8 Å². The van der Waals surface area contributed by atoms with Crippen LogP contribution in [0.25, 0.3) is 0 Å². The number of halogens is 4. The maximum Gasteiger partial charge on any atom is 0.573 e. The Morgan fingerprint density at radius 2 is 1.85 bits per heavy atom. The van der Waals surface area contributed by atoms with Crippen molar-refractivity contribution >= 4 is 23.2 Å². The third-order valence-electron chi connectivity index (χ3n) is 6.88. The van der Waals surface area contributed by atoms with E-state index in [1.807, 2.05) is 6.07 Å². The molecule has 222 valence electrons. The van der Waals surface area contributed by atoms with Crippen molar-refractivity contribution in [1.29, 1.82) is 0 Å². The number of anilines is 1. The Kier molecular flexibility index (Phi) is 9.92. The average molecular weight is 598 g/mol. The summed E-state index contributed by atoms with van der Waals surface area (Å²) in [7, 11) is 0. The zero-order chi connectivity index (χ0) is 29.6. The van der Waals surface area contributed by atoms with Gasteiger partial charge in [-0.25, -0.2) is 4.98 Å². The van der Waals surface area contributed by atoms with Gasteiger partial charge in [0, 0.05) is 19.5 Å². The lowest BCUT2D eigenvalue weighted by atomic mass is 9.91. The van der Waals surface area contributed by atoms with Gasteiger partial charge in [0.2, 0.25) is 0 Å². The molecule has 1 aliphatic heterocycles. The summed E-state index contributed by atoms with van der Waals surface area (Å²) in [6, 6.07) is 9.63. The van der Waals surface area contributed by atoms with Crippen molar-refractivity contribution in [2.24, 2.45) is 5.92 Å². The number of imidazole rings is 1. The summed E-state index contributed by atoms with van der Waals surface area (Å²) in [5.41, 5.74) is 0.979. The molecule has 2 aromatic heterocycles. The number of alkyl halides is 3. The third kappa shape index (κ3) is 8.95. The zero-order valence-corrected chi connectivity index (χ0v) is 23.1. The van der Waals surface area contributed by atoms with Crippen LogP contribution >= 0.6 is 11.6 Å². The number of hydrogen-bond donors (Lipinski definition) is 1. The van der Waals surface area contributed by atoms with Gasteiger partial charge in [0.15, 0.2) is 6.23 Å². The minimum Gasteiger partial charge on any atom is -0.468 e. The molecule has 10 nitrogen and oxygen atoms in total. The standard InChI is InChI=1S/C27H31ClF3N5O5/c1-18(37)15-25(35-17-24(36(38)39)33-26(35)28)40-22-9-10-23(32-16-22)34-13-11-20(12-14-34)4-2-3-19-5-7-21(8-6-19)41-27(29,30)31/h5-10,16-18,20,25,37H,2-4,11-15H2,1H3. The van der Waals surface area contributed by atoms with E-state index in [0.29, 0.717) is 11.7 Å². The Balaban J connectivity index is 1.25. The summed E-state index contributed by atoms with van der Waals surface area (Å²) in [5.74, 6) is 1.15. The molecule has 0 spiro atoms. The number of aromatic nitrogens is 3. The van der Waals surface area contributed by atoms with Crippen molar-refractivity contribution < 1.29 is 32.7 Å². The number of hydrogen-bond acceptors (Lipinski definition) is 8. The molecule has 1 aliphatic rings. The molecule has 1 N–H and O–H groups in total. The maximum atomic E-state index is 12.3. The van der Waals surface area contributed by atoms with Crippen LogP contribution in [0, 0.1) is 16.0 Å². The number of benzene rings is 1. The highest BCUT2D eigenvalue weighted by Gasteiger charge is 2.31. The minimum absolute atomic E-state index is 0.122. The summed E-state index contributed by atoms with van der Waals surface area (Å²) >= 11 is 6.08. The summed E-state index contributed by atoms with van der Waals surface area (Å²) in [4.78, 5) is 20.9. The largest absolute Gasteiger partial charge is 0.573 e. The lowest BCUT2D eigenvalue weighted by molar-refractivity contribution is -0.389. The summed E-state index contributed by atoms with van der Waals surface area (Å²) in [5, 5.41) is 20.9. The Morgan fingerprint density at radius 3 is 2.41 bits per heavy atom. The second-order valence-corrected chi connectivity index (χ2v) is 10.4. The smallest absolute Gasteiger partial charge is 0.468 e. The van der Waals surface area contributed by atoms with Gasteiger partial charge in [0.25, 0.3) is 0 Å². The van der Waals surface area contributed by atoms with Gasteiger partial charge in [0.05, 0.1) is 12.3 Å². The Labute approximate surface area is 239 Å². The van der Waals surface area contributed by atoms with Crippen LogP contribution in [0.3, 0.4) is 0 Å². The quantitative estimate of drug-likeness (QED) is 0.190. The van der Waals surface area contributed by atoms with Crippen LogP contribution in [0.5, 0.6) is 11.5 Å². The highest BCUT2D eigenvalue weighted by Crippen LogP contribution is 2.30. The van der Waals surface area contributed by atoms with Crippen LogP contribution in [0.4, 0.5) is 24.8 Å². The van der Waals surface area contributed by atoms with Crippen LogP contribution in [0.15, 0.2) is 48.8 Å². The van der Waals surface area contributed by atoms with Gasteiger partial charge >= 0.3 is 17.5 Å². The van der Waals surface area contributed by atoms with E-state index in [2.05, 4.69) is 19.6 Å². The van der Waals surface area contributed by atoms with Crippen molar-refractivity contribution in [3.63, 3.8) is 0 Å². The van der Waals surface area contributed by atoms with Crippen molar-refractivity contribution in [2.45, 2.75) is 64.1 Å². The fourth-order valence-electron chi connectivity index (χ4n) is 4.85. The molecule has 0 radical (unpaired) electrons. The molecule has 0 amide bonds. The summed E-state index contributed by atoms with van der Waals surface area (Å²) in [6.45, 7) is 3.27. The predicted octanol–water partition coefficient (Wildman–Crippen LogP) is 6.33. The number of rotatable bonds is 12. The molecule has 0 aliphatic carbocycles. The minimum atomic E-state index is -4.69. The van der Waals surface area contributed by atoms with Gasteiger partial charge in [-0.1, -0.05) is 12.1 Å². The van der Waals surface area contributed by atoms with Gasteiger partial charge in [-0.2, -0.15) is 0 Å². The highest BCUT2D eigenvalue weighted by molar-refractivity contribution is 6.28. The number of ether oxygens (including phenoxy) is 2. The van der Waals surface area contributed by atoms with E-state index in [1.54, 1.807) is 31.3 Å². The first-order valence-electron chi connectivity index (χ1n) is 13.3. The van der Waals surface area contributed by atoms with E-state index in [-0.39, 0.29) is 17.5 Å². The van der Waals surface area contributed by atoms with E-state index in [4.69, 9.17) is 16.3 Å². The SMILES string of the molecule is CC(O)CC(Oc1ccc(N2CCC(CCCc3ccc(OC(F)(F)F)cc3)CC2)nc1)n1cc([N+](=O)[O-])nc1Cl. The monoisotopic (exact) mass is 597 g/mol. The van der Waals surface area contributed by atoms with E-state index < -0.39 is 29.4 Å². The lowest BCUT2D eigenvalue weighted by Crippen LogP contribution is -2.34. The number of aryl methyl sites for hydroxylation is 1. The fraction of sp³-hybridized carbons (Fsp3) is 0.481. The molecular formula is C27H31ClF3N5O5. The van der Waals surface area contributed by atoms with E-state index >= 15 is 0 Å². The van der Waals surface area contributed by atoms with Gasteiger partial charge in [-0.3, -0.25) is 4.57 Å². The third-order valence-corrected chi connectivity index (χ3v) is 7.16. The zero-order valence-electron chi connectivity index (χ0n) is 22.3. The van der Waals surface area contributed by atoms with Crippen molar-refractivity contribution in [3.05, 3.63) is 69.8 Å². The molecule has 2 atom stereocenters. The first-order valence-corrected chi connectivity index (χ1v) is 13.6. The highest BCUT2D eigenvalue weighted by atomic mass is 35.5. The summed E-state index contributed by atoms with van der Waals surface area (Å²) < 4.78 is 48.1. The number of piperidine rings is 1. The predicted molar refractivity (Wildman–Crippen MR) is 145 cm³/mol. The normalized spacial score (nSPS) is 15.9. The van der Waals surface area contributed by atoms with E-state index in [0.717, 1.165) is 56.6 Å². The van der Waals surface area contributed by atoms with Crippen molar-refractivity contribution in [3.8, 4) is 11.5 Å². The van der Waals surface area contributed by atoms with E-state index in [1.165, 1.54) is 22.9 Å². The fourth-order valence-corrected chi connectivity index (χ4v) is 5.09. The Hall–Kier alpha value is -3.58. The first kappa shape index (κ1) is 30.4. The van der Waals surface area contributed by atoms with Crippen LogP contribution in [-0.4, -0.2) is 50.1 Å². The van der Waals surface area contributed by atoms with Crippen LogP contribution < -0.4 is 14.4 Å². The van der Waals surface area contributed by atoms with Gasteiger partial charge in [-0.15, -0.1) is 13.2 Å². The average Bonchev–Trinajstić information content (AvgIpc) is 3.31. The number of nitrogens with zero attached hydrogens (tertiary/aromatic N) is 5. The molecule has 3 aromatic rings. The maximum absolute atomic E-state index is 12.3. The number of aliphatic hydroxyl groups is 1.